The van der Waals surface area contributed by atoms with Crippen molar-refractivity contribution in [3.8, 4) is 22.3 Å². The van der Waals surface area contributed by atoms with Crippen molar-refractivity contribution in [3.63, 3.8) is 0 Å². The van der Waals surface area contributed by atoms with Gasteiger partial charge in [-0.15, -0.1) is 0 Å². The predicted octanol–water partition coefficient (Wildman–Crippen LogP) is 8.54. The molecular formula is C31H32N2. The summed E-state index contributed by atoms with van der Waals surface area (Å²) in [4.78, 5) is 4.95. The van der Waals surface area contributed by atoms with Crippen LogP contribution in [0.15, 0.2) is 91.0 Å². The van der Waals surface area contributed by atoms with E-state index in [2.05, 4.69) is 118 Å². The van der Waals surface area contributed by atoms with Gasteiger partial charge < -0.3 is 4.57 Å². The molecule has 0 N–H and O–H groups in total. The Kier molecular flexibility index (Phi) is 6.74. The Balaban J connectivity index is 1.96. The molecule has 1 aromatic heterocycles. The van der Waals surface area contributed by atoms with Crippen molar-refractivity contribution >= 4 is 17.1 Å². The minimum absolute atomic E-state index is 0.766. The van der Waals surface area contributed by atoms with Crippen LogP contribution in [0.3, 0.4) is 0 Å². The van der Waals surface area contributed by atoms with Crippen molar-refractivity contribution in [1.29, 1.82) is 0 Å². The second-order valence-electron chi connectivity index (χ2n) is 8.55. The molecule has 0 amide bonds. The Morgan fingerprint density at radius 3 is 2.00 bits per heavy atom. The summed E-state index contributed by atoms with van der Waals surface area (Å²) in [6, 6.07) is 22.1. The fraction of sp³-hybridized carbons (Fsp3) is 0.194. The molecule has 0 atom stereocenters. The summed E-state index contributed by atoms with van der Waals surface area (Å²) in [5, 5.41) is 0. The zero-order chi connectivity index (χ0) is 23.4. The summed E-state index contributed by atoms with van der Waals surface area (Å²) in [7, 11) is 0. The lowest BCUT2D eigenvalue weighted by molar-refractivity contribution is 0.811. The average Bonchev–Trinajstić information content (AvgIpc) is 3.18. The lowest BCUT2D eigenvalue weighted by atomic mass is 9.93. The van der Waals surface area contributed by atoms with Crippen LogP contribution in [0.5, 0.6) is 0 Å². The summed E-state index contributed by atoms with van der Waals surface area (Å²) >= 11 is 0. The largest absolute Gasteiger partial charge is 0.320 e. The van der Waals surface area contributed by atoms with Gasteiger partial charge in [0.25, 0.3) is 0 Å². The number of benzene rings is 3. The maximum atomic E-state index is 4.95. The van der Waals surface area contributed by atoms with Crippen LogP contribution >= 0.6 is 0 Å². The molecule has 0 saturated heterocycles. The molecule has 0 spiro atoms. The van der Waals surface area contributed by atoms with E-state index >= 15 is 0 Å². The lowest BCUT2D eigenvalue weighted by Crippen LogP contribution is -2.02. The standard InChI is InChI=1S/C31H32N2/c1-6-9-10-24(7-2)21-33-30-20-28(26-17-13-23(5)14-18-26)27(19-29(30)32-31(33)8-3)25-15-11-22(4)12-16-25/h7-20H,3,6,21H2,1-2,4-5H3/b10-9-,24-7+. The van der Waals surface area contributed by atoms with Gasteiger partial charge in [0.15, 0.2) is 0 Å². The van der Waals surface area contributed by atoms with E-state index < -0.39 is 0 Å². The summed E-state index contributed by atoms with van der Waals surface area (Å²) in [6.45, 7) is 13.3. The molecule has 3 aromatic carbocycles. The van der Waals surface area contributed by atoms with Crippen LogP contribution in [-0.2, 0) is 6.54 Å². The van der Waals surface area contributed by atoms with E-state index in [-0.39, 0.29) is 0 Å². The number of hydrogen-bond acceptors (Lipinski definition) is 1. The van der Waals surface area contributed by atoms with E-state index in [1.165, 1.54) is 39.0 Å². The molecule has 4 aromatic rings. The fourth-order valence-electron chi connectivity index (χ4n) is 4.15. The highest BCUT2D eigenvalue weighted by Gasteiger charge is 2.16. The molecule has 2 nitrogen and oxygen atoms in total. The van der Waals surface area contributed by atoms with E-state index in [1.807, 2.05) is 6.08 Å². The van der Waals surface area contributed by atoms with Gasteiger partial charge in [0.05, 0.1) is 11.0 Å². The van der Waals surface area contributed by atoms with Gasteiger partial charge in [-0.25, -0.2) is 4.98 Å². The van der Waals surface area contributed by atoms with Gasteiger partial charge in [-0.1, -0.05) is 91.4 Å². The van der Waals surface area contributed by atoms with Crippen LogP contribution in [0.1, 0.15) is 37.2 Å². The van der Waals surface area contributed by atoms with Gasteiger partial charge >= 0.3 is 0 Å². The third kappa shape index (κ3) is 4.75. The Hall–Kier alpha value is -3.65. The monoisotopic (exact) mass is 432 g/mol. The summed E-state index contributed by atoms with van der Waals surface area (Å²) < 4.78 is 2.27. The first kappa shape index (κ1) is 22.5. The molecule has 0 aliphatic carbocycles. The molecule has 0 bridgehead atoms. The van der Waals surface area contributed by atoms with E-state index in [4.69, 9.17) is 4.98 Å². The molecule has 0 saturated carbocycles. The smallest absolute Gasteiger partial charge is 0.133 e. The average molecular weight is 433 g/mol. The quantitative estimate of drug-likeness (QED) is 0.267. The second-order valence-corrected chi connectivity index (χ2v) is 8.55. The number of rotatable bonds is 7. The van der Waals surface area contributed by atoms with Gasteiger partial charge in [-0.05, 0) is 73.2 Å². The van der Waals surface area contributed by atoms with Crippen LogP contribution in [-0.4, -0.2) is 9.55 Å². The molecular weight excluding hydrogens is 400 g/mol. The summed E-state index contributed by atoms with van der Waals surface area (Å²) in [5.74, 6) is 0.894. The first-order valence-corrected chi connectivity index (χ1v) is 11.7. The summed E-state index contributed by atoms with van der Waals surface area (Å²) in [6.07, 6.45) is 9.46. The molecule has 4 rings (SSSR count). The number of imidazole rings is 1. The molecule has 0 radical (unpaired) electrons. The molecule has 166 valence electrons. The van der Waals surface area contributed by atoms with E-state index in [0.29, 0.717) is 0 Å². The topological polar surface area (TPSA) is 17.8 Å². The second kappa shape index (κ2) is 9.87. The molecule has 0 aliphatic rings. The molecule has 1 heterocycles. The SMILES string of the molecule is C=Cc1nc2cc(-c3ccc(C)cc3)c(-c3ccc(C)cc3)cc2n1CC(/C=C\CC)=C/C. The first-order valence-electron chi connectivity index (χ1n) is 11.7. The van der Waals surface area contributed by atoms with Crippen molar-refractivity contribution in [2.75, 3.05) is 0 Å². The zero-order valence-corrected chi connectivity index (χ0v) is 20.1. The number of aryl methyl sites for hydroxylation is 2. The van der Waals surface area contributed by atoms with Gasteiger partial charge in [0.2, 0.25) is 0 Å². The van der Waals surface area contributed by atoms with Crippen molar-refractivity contribution in [2.45, 2.75) is 40.7 Å². The lowest BCUT2D eigenvalue weighted by Gasteiger charge is -2.14. The van der Waals surface area contributed by atoms with Crippen LogP contribution in [0.25, 0.3) is 39.4 Å². The number of aromatic nitrogens is 2. The Bertz CT molecular complexity index is 1330. The number of allylic oxidation sites excluding steroid dienone is 4. The highest BCUT2D eigenvalue weighted by atomic mass is 15.1. The summed E-state index contributed by atoms with van der Waals surface area (Å²) in [5.41, 5.74) is 10.7. The Morgan fingerprint density at radius 1 is 0.909 bits per heavy atom. The highest BCUT2D eigenvalue weighted by molar-refractivity contribution is 5.94. The number of nitrogens with zero attached hydrogens (tertiary/aromatic N) is 2. The molecule has 2 heteroatoms. The molecule has 0 fully saturated rings. The maximum Gasteiger partial charge on any atom is 0.133 e. The predicted molar refractivity (Wildman–Crippen MR) is 143 cm³/mol. The first-order chi connectivity index (χ1) is 16.0. The van der Waals surface area contributed by atoms with E-state index in [0.717, 1.165) is 29.8 Å². The molecule has 0 unspecified atom stereocenters. The van der Waals surface area contributed by atoms with Crippen LogP contribution in [0.2, 0.25) is 0 Å². The van der Waals surface area contributed by atoms with Crippen LogP contribution < -0.4 is 0 Å². The van der Waals surface area contributed by atoms with E-state index in [1.54, 1.807) is 0 Å². The Morgan fingerprint density at radius 2 is 1.48 bits per heavy atom. The van der Waals surface area contributed by atoms with Crippen molar-refractivity contribution in [2.24, 2.45) is 0 Å². The number of fused-ring (bicyclic) bond motifs is 1. The van der Waals surface area contributed by atoms with Gasteiger partial charge in [0, 0.05) is 6.54 Å². The molecule has 33 heavy (non-hydrogen) atoms. The van der Waals surface area contributed by atoms with Gasteiger partial charge in [0.1, 0.15) is 5.82 Å². The van der Waals surface area contributed by atoms with Crippen LogP contribution in [0, 0.1) is 13.8 Å². The van der Waals surface area contributed by atoms with Crippen molar-refractivity contribution < 1.29 is 0 Å². The van der Waals surface area contributed by atoms with E-state index in [9.17, 15) is 0 Å². The third-order valence-corrected chi connectivity index (χ3v) is 6.10. The third-order valence-electron chi connectivity index (χ3n) is 6.10. The van der Waals surface area contributed by atoms with Crippen molar-refractivity contribution in [1.82, 2.24) is 9.55 Å². The van der Waals surface area contributed by atoms with Gasteiger partial charge in [-0.2, -0.15) is 0 Å². The Labute approximate surface area is 197 Å². The maximum absolute atomic E-state index is 4.95. The van der Waals surface area contributed by atoms with Crippen molar-refractivity contribution in [3.05, 3.63) is 108 Å². The normalized spacial score (nSPS) is 12.1. The minimum Gasteiger partial charge on any atom is -0.320 e. The fourth-order valence-corrected chi connectivity index (χ4v) is 4.15. The minimum atomic E-state index is 0.766. The zero-order valence-electron chi connectivity index (χ0n) is 20.1. The van der Waals surface area contributed by atoms with Crippen LogP contribution in [0.4, 0.5) is 0 Å². The van der Waals surface area contributed by atoms with Gasteiger partial charge in [-0.3, -0.25) is 0 Å². The highest BCUT2D eigenvalue weighted by Crippen LogP contribution is 2.36. The molecule has 0 aliphatic heterocycles. The number of hydrogen-bond donors (Lipinski definition) is 0.